The zero-order chi connectivity index (χ0) is 13.8. The fourth-order valence-corrected chi connectivity index (χ4v) is 2.06. The van der Waals surface area contributed by atoms with Crippen LogP contribution in [0.15, 0.2) is 42.7 Å². The van der Waals surface area contributed by atoms with Crippen molar-refractivity contribution >= 4 is 5.69 Å². The van der Waals surface area contributed by atoms with Crippen molar-refractivity contribution in [2.75, 3.05) is 11.9 Å². The van der Waals surface area contributed by atoms with Crippen LogP contribution in [0.2, 0.25) is 0 Å². The first-order valence-electron chi connectivity index (χ1n) is 6.15. The molecule has 1 N–H and O–H groups in total. The molecule has 0 amide bonds. The summed E-state index contributed by atoms with van der Waals surface area (Å²) in [6.45, 7) is 2.29. The van der Waals surface area contributed by atoms with Crippen LogP contribution in [0.25, 0.3) is 0 Å². The van der Waals surface area contributed by atoms with Crippen LogP contribution in [0.1, 0.15) is 24.2 Å². The van der Waals surface area contributed by atoms with Crippen LogP contribution in [-0.2, 0) is 6.54 Å². The standard InChI is InChI=1S/C15H17FN2O/c1-11(19)14-8-13(16)5-6-15(14)18(2)10-12-4-3-7-17-9-12/h3-9,11,19H,10H2,1-2H3. The van der Waals surface area contributed by atoms with Crippen LogP contribution in [0.5, 0.6) is 0 Å². The molecule has 0 saturated heterocycles. The lowest BCUT2D eigenvalue weighted by molar-refractivity contribution is 0.199. The van der Waals surface area contributed by atoms with Crippen LogP contribution in [0.3, 0.4) is 0 Å². The van der Waals surface area contributed by atoms with E-state index in [0.29, 0.717) is 12.1 Å². The van der Waals surface area contributed by atoms with Crippen molar-refractivity contribution < 1.29 is 9.50 Å². The molecule has 0 bridgehead atoms. The van der Waals surface area contributed by atoms with Gasteiger partial charge in [0.1, 0.15) is 5.82 Å². The van der Waals surface area contributed by atoms with Crippen molar-refractivity contribution in [1.29, 1.82) is 0 Å². The molecule has 3 nitrogen and oxygen atoms in total. The Morgan fingerprint density at radius 1 is 1.37 bits per heavy atom. The predicted molar refractivity (Wildman–Crippen MR) is 73.4 cm³/mol. The number of hydrogen-bond donors (Lipinski definition) is 1. The number of halogens is 1. The molecule has 4 heteroatoms. The van der Waals surface area contributed by atoms with E-state index in [2.05, 4.69) is 4.98 Å². The Labute approximate surface area is 112 Å². The van der Waals surface area contributed by atoms with Crippen molar-refractivity contribution in [3.63, 3.8) is 0 Å². The maximum Gasteiger partial charge on any atom is 0.123 e. The largest absolute Gasteiger partial charge is 0.389 e. The summed E-state index contributed by atoms with van der Waals surface area (Å²) in [5, 5.41) is 9.74. The molecular weight excluding hydrogens is 243 g/mol. The molecule has 0 radical (unpaired) electrons. The number of hydrogen-bond acceptors (Lipinski definition) is 3. The normalized spacial score (nSPS) is 12.2. The molecule has 1 atom stereocenters. The third-order valence-electron chi connectivity index (χ3n) is 2.99. The van der Waals surface area contributed by atoms with Gasteiger partial charge in [0.25, 0.3) is 0 Å². The van der Waals surface area contributed by atoms with Crippen LogP contribution in [0.4, 0.5) is 10.1 Å². The van der Waals surface area contributed by atoms with Gasteiger partial charge in [0.15, 0.2) is 0 Å². The van der Waals surface area contributed by atoms with Gasteiger partial charge in [-0.2, -0.15) is 0 Å². The zero-order valence-electron chi connectivity index (χ0n) is 11.0. The van der Waals surface area contributed by atoms with E-state index in [1.54, 1.807) is 25.4 Å². The second-order valence-corrected chi connectivity index (χ2v) is 4.60. The summed E-state index contributed by atoms with van der Waals surface area (Å²) in [5.41, 5.74) is 2.47. The highest BCUT2D eigenvalue weighted by atomic mass is 19.1. The highest BCUT2D eigenvalue weighted by Gasteiger charge is 2.13. The van der Waals surface area contributed by atoms with Gasteiger partial charge in [-0.25, -0.2) is 4.39 Å². The summed E-state index contributed by atoms with van der Waals surface area (Å²) in [6, 6.07) is 8.33. The first kappa shape index (κ1) is 13.5. The van der Waals surface area contributed by atoms with Gasteiger partial charge >= 0.3 is 0 Å². The second kappa shape index (κ2) is 5.80. The van der Waals surface area contributed by atoms with E-state index in [9.17, 15) is 9.50 Å². The lowest BCUT2D eigenvalue weighted by Crippen LogP contribution is -2.18. The number of anilines is 1. The molecule has 0 aliphatic heterocycles. The van der Waals surface area contributed by atoms with Crippen molar-refractivity contribution in [2.45, 2.75) is 19.6 Å². The van der Waals surface area contributed by atoms with Gasteiger partial charge in [-0.15, -0.1) is 0 Å². The number of nitrogens with zero attached hydrogens (tertiary/aromatic N) is 2. The van der Waals surface area contributed by atoms with E-state index < -0.39 is 6.10 Å². The number of pyridine rings is 1. The molecular formula is C15H17FN2O. The minimum absolute atomic E-state index is 0.338. The molecule has 2 aromatic rings. The quantitative estimate of drug-likeness (QED) is 0.918. The smallest absolute Gasteiger partial charge is 0.123 e. The minimum Gasteiger partial charge on any atom is -0.389 e. The molecule has 0 saturated carbocycles. The van der Waals surface area contributed by atoms with Gasteiger partial charge in [-0.05, 0) is 36.8 Å². The van der Waals surface area contributed by atoms with Crippen LogP contribution < -0.4 is 4.90 Å². The molecule has 19 heavy (non-hydrogen) atoms. The maximum atomic E-state index is 13.3. The van der Waals surface area contributed by atoms with Crippen LogP contribution >= 0.6 is 0 Å². The molecule has 1 heterocycles. The Morgan fingerprint density at radius 3 is 2.79 bits per heavy atom. The van der Waals surface area contributed by atoms with Gasteiger partial charge < -0.3 is 10.0 Å². The average molecular weight is 260 g/mol. The summed E-state index contributed by atoms with van der Waals surface area (Å²) >= 11 is 0. The average Bonchev–Trinajstić information content (AvgIpc) is 2.39. The lowest BCUT2D eigenvalue weighted by atomic mass is 10.1. The van der Waals surface area contributed by atoms with Crippen LogP contribution in [-0.4, -0.2) is 17.1 Å². The van der Waals surface area contributed by atoms with E-state index in [0.717, 1.165) is 11.3 Å². The topological polar surface area (TPSA) is 36.4 Å². The highest BCUT2D eigenvalue weighted by Crippen LogP contribution is 2.27. The van der Waals surface area contributed by atoms with Gasteiger partial charge in [0, 0.05) is 37.2 Å². The number of aromatic nitrogens is 1. The van der Waals surface area contributed by atoms with Gasteiger partial charge in [0.2, 0.25) is 0 Å². The van der Waals surface area contributed by atoms with Gasteiger partial charge in [-0.3, -0.25) is 4.98 Å². The molecule has 1 unspecified atom stereocenters. The SMILES string of the molecule is CC(O)c1cc(F)ccc1N(C)Cc1cccnc1. The van der Waals surface area contributed by atoms with Crippen molar-refractivity contribution in [3.8, 4) is 0 Å². The van der Waals surface area contributed by atoms with Crippen molar-refractivity contribution in [3.05, 3.63) is 59.7 Å². The molecule has 100 valence electrons. The Bertz CT molecular complexity index is 543. The summed E-state index contributed by atoms with van der Waals surface area (Å²) in [5.74, 6) is -0.338. The minimum atomic E-state index is -0.706. The Morgan fingerprint density at radius 2 is 2.16 bits per heavy atom. The number of aliphatic hydroxyl groups excluding tert-OH is 1. The fourth-order valence-electron chi connectivity index (χ4n) is 2.06. The van der Waals surface area contributed by atoms with Gasteiger partial charge in [0.05, 0.1) is 6.10 Å². The van der Waals surface area contributed by atoms with Crippen molar-refractivity contribution in [1.82, 2.24) is 4.98 Å². The highest BCUT2D eigenvalue weighted by molar-refractivity contribution is 5.54. The first-order chi connectivity index (χ1) is 9.08. The van der Waals surface area contributed by atoms with E-state index in [4.69, 9.17) is 0 Å². The van der Waals surface area contributed by atoms with E-state index in [1.165, 1.54) is 12.1 Å². The number of aliphatic hydroxyl groups is 1. The number of rotatable bonds is 4. The Balaban J connectivity index is 2.26. The first-order valence-corrected chi connectivity index (χ1v) is 6.15. The monoisotopic (exact) mass is 260 g/mol. The van der Waals surface area contributed by atoms with E-state index in [1.807, 2.05) is 24.1 Å². The third kappa shape index (κ3) is 3.29. The molecule has 2 rings (SSSR count). The zero-order valence-corrected chi connectivity index (χ0v) is 11.0. The molecule has 0 aliphatic carbocycles. The summed E-state index contributed by atoms with van der Waals surface area (Å²) in [7, 11) is 1.91. The van der Waals surface area contributed by atoms with E-state index in [-0.39, 0.29) is 5.82 Å². The summed E-state index contributed by atoms with van der Waals surface area (Å²) in [6.07, 6.45) is 2.81. The summed E-state index contributed by atoms with van der Waals surface area (Å²) in [4.78, 5) is 6.04. The lowest BCUT2D eigenvalue weighted by Gasteiger charge is -2.23. The molecule has 0 fully saturated rings. The molecule has 0 spiro atoms. The van der Waals surface area contributed by atoms with Crippen LogP contribution in [0, 0.1) is 5.82 Å². The summed E-state index contributed by atoms with van der Waals surface area (Å²) < 4.78 is 13.3. The molecule has 1 aromatic carbocycles. The van der Waals surface area contributed by atoms with Gasteiger partial charge in [-0.1, -0.05) is 6.07 Å². The molecule has 0 aliphatic rings. The van der Waals surface area contributed by atoms with Crippen molar-refractivity contribution in [2.24, 2.45) is 0 Å². The second-order valence-electron chi connectivity index (χ2n) is 4.60. The Hall–Kier alpha value is -1.94. The number of benzene rings is 1. The fraction of sp³-hybridized carbons (Fsp3) is 0.267. The maximum absolute atomic E-state index is 13.3. The Kier molecular flexibility index (Phi) is 4.12. The predicted octanol–water partition coefficient (Wildman–Crippen LogP) is 2.91. The molecule has 1 aromatic heterocycles. The third-order valence-corrected chi connectivity index (χ3v) is 2.99. The van der Waals surface area contributed by atoms with E-state index >= 15 is 0 Å².